The van der Waals surface area contributed by atoms with Crippen LogP contribution in [0.25, 0.3) is 12.2 Å². The number of ether oxygens (including phenoxy) is 2. The van der Waals surface area contributed by atoms with Gasteiger partial charge in [-0.2, -0.15) is 8.78 Å². The summed E-state index contributed by atoms with van der Waals surface area (Å²) in [5.74, 6) is -0.392. The number of aromatic nitrogens is 1. The molecule has 1 fully saturated rings. The number of alkyl halides is 2. The van der Waals surface area contributed by atoms with E-state index >= 15 is 0 Å². The Morgan fingerprint density at radius 2 is 2.04 bits per heavy atom. The molecule has 0 amide bonds. The van der Waals surface area contributed by atoms with Crippen molar-refractivity contribution in [1.82, 2.24) is 4.98 Å². The maximum absolute atomic E-state index is 12.5. The molecule has 1 N–H and O–H groups in total. The number of hydrogen-bond acceptors (Lipinski definition) is 4. The lowest BCUT2D eigenvalue weighted by Gasteiger charge is -2.12. The fourth-order valence-corrected chi connectivity index (χ4v) is 2.27. The van der Waals surface area contributed by atoms with E-state index in [1.54, 1.807) is 36.4 Å². The van der Waals surface area contributed by atoms with Gasteiger partial charge in [0.2, 0.25) is 0 Å². The van der Waals surface area contributed by atoms with Gasteiger partial charge in [0, 0.05) is 0 Å². The lowest BCUT2D eigenvalue weighted by atomic mass is 10.1. The molecular formula is C19H17F2NO4. The molecular weight excluding hydrogens is 344 g/mol. The molecule has 1 aliphatic rings. The second-order valence-electron chi connectivity index (χ2n) is 5.93. The molecule has 7 heteroatoms. The number of benzene rings is 1. The number of carboxylic acid groups (broad SMARTS) is 1. The van der Waals surface area contributed by atoms with Crippen LogP contribution < -0.4 is 9.47 Å². The molecule has 0 saturated heterocycles. The zero-order valence-corrected chi connectivity index (χ0v) is 13.8. The zero-order valence-electron chi connectivity index (χ0n) is 13.8. The smallest absolute Gasteiger partial charge is 0.387 e. The summed E-state index contributed by atoms with van der Waals surface area (Å²) < 4.78 is 35.2. The lowest BCUT2D eigenvalue weighted by molar-refractivity contribution is -0.0515. The van der Waals surface area contributed by atoms with Crippen LogP contribution in [0, 0.1) is 5.92 Å². The van der Waals surface area contributed by atoms with Gasteiger partial charge >= 0.3 is 12.6 Å². The SMILES string of the molecule is O=C(O)c1cccc(C=Cc2ccc(OC(F)F)c(OCC3CC3)c2)n1. The van der Waals surface area contributed by atoms with E-state index in [2.05, 4.69) is 9.72 Å². The highest BCUT2D eigenvalue weighted by molar-refractivity contribution is 5.85. The predicted octanol–water partition coefficient (Wildman–Crippen LogP) is 4.34. The highest BCUT2D eigenvalue weighted by Gasteiger charge is 2.23. The Balaban J connectivity index is 1.78. The third-order valence-electron chi connectivity index (χ3n) is 3.79. The number of aromatic carboxylic acids is 1. The van der Waals surface area contributed by atoms with Gasteiger partial charge in [0.25, 0.3) is 0 Å². The monoisotopic (exact) mass is 361 g/mol. The van der Waals surface area contributed by atoms with Crippen molar-refractivity contribution in [3.05, 3.63) is 53.3 Å². The fraction of sp³-hybridized carbons (Fsp3) is 0.263. The first-order valence-electron chi connectivity index (χ1n) is 8.11. The first-order chi connectivity index (χ1) is 12.5. The van der Waals surface area contributed by atoms with Crippen molar-refractivity contribution in [2.75, 3.05) is 6.61 Å². The fourth-order valence-electron chi connectivity index (χ4n) is 2.27. The molecule has 1 aromatic carbocycles. The van der Waals surface area contributed by atoms with Crippen molar-refractivity contribution in [3.8, 4) is 11.5 Å². The number of halogens is 2. The van der Waals surface area contributed by atoms with E-state index in [1.807, 2.05) is 0 Å². The summed E-state index contributed by atoms with van der Waals surface area (Å²) in [6.07, 6.45) is 5.50. The molecule has 1 aromatic heterocycles. The van der Waals surface area contributed by atoms with Gasteiger partial charge in [0.15, 0.2) is 11.5 Å². The van der Waals surface area contributed by atoms with Crippen molar-refractivity contribution in [3.63, 3.8) is 0 Å². The molecule has 1 heterocycles. The van der Waals surface area contributed by atoms with Crippen LogP contribution in [0.1, 0.15) is 34.6 Å². The van der Waals surface area contributed by atoms with Crippen LogP contribution in [0.4, 0.5) is 8.78 Å². The molecule has 1 saturated carbocycles. The summed E-state index contributed by atoms with van der Waals surface area (Å²) in [7, 11) is 0. The van der Waals surface area contributed by atoms with E-state index < -0.39 is 12.6 Å². The van der Waals surface area contributed by atoms with Crippen LogP contribution in [0.3, 0.4) is 0 Å². The average molecular weight is 361 g/mol. The molecule has 0 atom stereocenters. The average Bonchev–Trinajstić information content (AvgIpc) is 3.44. The van der Waals surface area contributed by atoms with Crippen molar-refractivity contribution in [2.24, 2.45) is 5.92 Å². The van der Waals surface area contributed by atoms with E-state index in [0.717, 1.165) is 12.8 Å². The normalized spacial score (nSPS) is 14.0. The summed E-state index contributed by atoms with van der Waals surface area (Å²) in [6, 6.07) is 9.31. The van der Waals surface area contributed by atoms with Gasteiger partial charge in [-0.05, 0) is 54.7 Å². The first-order valence-corrected chi connectivity index (χ1v) is 8.11. The maximum atomic E-state index is 12.5. The van der Waals surface area contributed by atoms with Crippen molar-refractivity contribution < 1.29 is 28.2 Å². The molecule has 3 rings (SSSR count). The molecule has 0 bridgehead atoms. The number of hydrogen-bond donors (Lipinski definition) is 1. The topological polar surface area (TPSA) is 68.7 Å². The minimum absolute atomic E-state index is 0.0104. The second-order valence-corrected chi connectivity index (χ2v) is 5.93. The Bertz CT molecular complexity index is 819. The molecule has 0 radical (unpaired) electrons. The van der Waals surface area contributed by atoms with Crippen molar-refractivity contribution in [1.29, 1.82) is 0 Å². The number of carboxylic acids is 1. The Morgan fingerprint density at radius 1 is 1.23 bits per heavy atom. The highest BCUT2D eigenvalue weighted by Crippen LogP contribution is 2.34. The van der Waals surface area contributed by atoms with Gasteiger partial charge < -0.3 is 14.6 Å². The molecule has 0 aliphatic heterocycles. The Morgan fingerprint density at radius 3 is 2.73 bits per heavy atom. The third kappa shape index (κ3) is 5.02. The van der Waals surface area contributed by atoms with E-state index in [4.69, 9.17) is 9.84 Å². The number of nitrogens with zero attached hydrogens (tertiary/aromatic N) is 1. The minimum Gasteiger partial charge on any atom is -0.489 e. The Hall–Kier alpha value is -2.96. The summed E-state index contributed by atoms with van der Waals surface area (Å²) >= 11 is 0. The molecule has 26 heavy (non-hydrogen) atoms. The maximum Gasteiger partial charge on any atom is 0.387 e. The van der Waals surface area contributed by atoms with Gasteiger partial charge in [0.05, 0.1) is 12.3 Å². The summed E-state index contributed by atoms with van der Waals surface area (Å²) in [5, 5.41) is 8.96. The van der Waals surface area contributed by atoms with E-state index in [1.165, 1.54) is 12.1 Å². The minimum atomic E-state index is -2.93. The molecule has 0 unspecified atom stereocenters. The van der Waals surface area contributed by atoms with Crippen LogP contribution in [0.2, 0.25) is 0 Å². The first kappa shape index (κ1) is 17.8. The molecule has 5 nitrogen and oxygen atoms in total. The van der Waals surface area contributed by atoms with Crippen molar-refractivity contribution >= 4 is 18.1 Å². The summed E-state index contributed by atoms with van der Waals surface area (Å²) in [6.45, 7) is -2.46. The van der Waals surface area contributed by atoms with Crippen LogP contribution in [0.15, 0.2) is 36.4 Å². The van der Waals surface area contributed by atoms with Crippen LogP contribution in [0.5, 0.6) is 11.5 Å². The standard InChI is InChI=1S/C19H17F2NO4/c20-19(21)26-16-9-7-12(10-17(16)25-11-13-4-5-13)6-8-14-2-1-3-15(22-14)18(23)24/h1-3,6-10,13,19H,4-5,11H2,(H,23,24). The van der Waals surface area contributed by atoms with Gasteiger partial charge in [-0.3, -0.25) is 0 Å². The summed E-state index contributed by atoms with van der Waals surface area (Å²) in [4.78, 5) is 14.9. The van der Waals surface area contributed by atoms with E-state index in [0.29, 0.717) is 23.8 Å². The zero-order chi connectivity index (χ0) is 18.5. The number of rotatable bonds is 8. The third-order valence-corrected chi connectivity index (χ3v) is 3.79. The van der Waals surface area contributed by atoms with Crippen LogP contribution >= 0.6 is 0 Å². The van der Waals surface area contributed by atoms with Crippen molar-refractivity contribution in [2.45, 2.75) is 19.5 Å². The molecule has 136 valence electrons. The van der Waals surface area contributed by atoms with Crippen LogP contribution in [-0.4, -0.2) is 29.3 Å². The number of pyridine rings is 1. The van der Waals surface area contributed by atoms with Gasteiger partial charge in [-0.25, -0.2) is 9.78 Å². The van der Waals surface area contributed by atoms with Crippen LogP contribution in [-0.2, 0) is 0 Å². The predicted molar refractivity (Wildman–Crippen MR) is 91.4 cm³/mol. The lowest BCUT2D eigenvalue weighted by Crippen LogP contribution is -2.06. The molecule has 0 spiro atoms. The van der Waals surface area contributed by atoms with E-state index in [9.17, 15) is 13.6 Å². The Kier molecular flexibility index (Phi) is 5.46. The Labute approximate surface area is 148 Å². The molecule has 2 aromatic rings. The van der Waals surface area contributed by atoms with Gasteiger partial charge in [-0.1, -0.05) is 18.2 Å². The van der Waals surface area contributed by atoms with Gasteiger partial charge in [-0.15, -0.1) is 0 Å². The largest absolute Gasteiger partial charge is 0.489 e. The quantitative estimate of drug-likeness (QED) is 0.757. The highest BCUT2D eigenvalue weighted by atomic mass is 19.3. The second kappa shape index (κ2) is 7.95. The van der Waals surface area contributed by atoms with Gasteiger partial charge in [0.1, 0.15) is 5.69 Å². The summed E-state index contributed by atoms with van der Waals surface area (Å²) in [5.41, 5.74) is 1.11. The molecule has 1 aliphatic carbocycles. The van der Waals surface area contributed by atoms with E-state index in [-0.39, 0.29) is 17.2 Å². The number of carbonyl (C=O) groups is 1.